The number of amides is 2. The topological polar surface area (TPSA) is 98.1 Å². The molecular formula is C25H20N2O6S. The molecular weight excluding hydrogens is 456 g/mol. The number of ether oxygens (including phenoxy) is 2. The highest BCUT2D eigenvalue weighted by Crippen LogP contribution is 2.29. The Bertz CT molecular complexity index is 1340. The Balaban J connectivity index is 1.63. The van der Waals surface area contributed by atoms with Gasteiger partial charge in [0.1, 0.15) is 22.8 Å². The molecule has 0 atom stereocenters. The highest BCUT2D eigenvalue weighted by molar-refractivity contribution is 7.80. The average Bonchev–Trinajstić information content (AvgIpc) is 3.29. The second kappa shape index (κ2) is 9.32. The maximum Gasteiger partial charge on any atom is 0.337 e. The molecule has 0 aliphatic carbocycles. The second-order valence-corrected chi connectivity index (χ2v) is 7.77. The fraction of sp³-hybridized carbons (Fsp3) is 0.120. The van der Waals surface area contributed by atoms with Gasteiger partial charge in [0.2, 0.25) is 0 Å². The van der Waals surface area contributed by atoms with E-state index in [0.717, 1.165) is 11.1 Å². The number of nitrogens with one attached hydrogen (secondary N) is 1. The van der Waals surface area contributed by atoms with Crippen LogP contribution in [0.25, 0.3) is 17.4 Å². The van der Waals surface area contributed by atoms with Crippen LogP contribution < -0.4 is 15.0 Å². The van der Waals surface area contributed by atoms with Gasteiger partial charge in [0, 0.05) is 5.56 Å². The Morgan fingerprint density at radius 2 is 1.79 bits per heavy atom. The molecule has 34 heavy (non-hydrogen) atoms. The number of nitrogens with zero attached hydrogens (tertiary/aromatic N) is 1. The van der Waals surface area contributed by atoms with Gasteiger partial charge < -0.3 is 13.9 Å². The second-order valence-electron chi connectivity index (χ2n) is 7.38. The molecule has 0 bridgehead atoms. The summed E-state index contributed by atoms with van der Waals surface area (Å²) in [4.78, 5) is 38.7. The van der Waals surface area contributed by atoms with Crippen LogP contribution in [0, 0.1) is 6.92 Å². The largest absolute Gasteiger partial charge is 0.497 e. The molecule has 1 aliphatic heterocycles. The number of anilines is 1. The molecule has 1 saturated heterocycles. The first-order chi connectivity index (χ1) is 16.3. The van der Waals surface area contributed by atoms with E-state index in [1.54, 1.807) is 61.7 Å². The van der Waals surface area contributed by atoms with Crippen molar-refractivity contribution in [1.82, 2.24) is 5.32 Å². The third-order valence-electron chi connectivity index (χ3n) is 5.26. The van der Waals surface area contributed by atoms with Crippen molar-refractivity contribution in [2.24, 2.45) is 0 Å². The summed E-state index contributed by atoms with van der Waals surface area (Å²) in [5, 5.41) is 2.52. The summed E-state index contributed by atoms with van der Waals surface area (Å²) in [5.74, 6) is -0.163. The van der Waals surface area contributed by atoms with Crippen LogP contribution in [-0.4, -0.2) is 37.1 Å². The summed E-state index contributed by atoms with van der Waals surface area (Å²) >= 11 is 5.22. The van der Waals surface area contributed by atoms with Crippen molar-refractivity contribution in [2.45, 2.75) is 6.92 Å². The van der Waals surface area contributed by atoms with Crippen LogP contribution in [-0.2, 0) is 14.3 Å². The number of benzene rings is 2. The fourth-order valence-electron chi connectivity index (χ4n) is 3.53. The van der Waals surface area contributed by atoms with Gasteiger partial charge in [-0.25, -0.2) is 4.79 Å². The molecule has 2 aromatic carbocycles. The molecule has 1 aliphatic rings. The maximum atomic E-state index is 13.2. The Hall–Kier alpha value is -4.24. The van der Waals surface area contributed by atoms with Crippen LogP contribution in [0.5, 0.6) is 5.75 Å². The van der Waals surface area contributed by atoms with Crippen LogP contribution in [0.15, 0.2) is 64.6 Å². The number of furan rings is 1. The van der Waals surface area contributed by atoms with Crippen LogP contribution >= 0.6 is 12.2 Å². The number of hydrogen-bond acceptors (Lipinski definition) is 7. The van der Waals surface area contributed by atoms with Gasteiger partial charge in [-0.15, -0.1) is 0 Å². The van der Waals surface area contributed by atoms with E-state index in [2.05, 4.69) is 5.32 Å². The van der Waals surface area contributed by atoms with Gasteiger partial charge in [0.25, 0.3) is 11.8 Å². The molecule has 1 aromatic heterocycles. The molecule has 0 spiro atoms. The summed E-state index contributed by atoms with van der Waals surface area (Å²) in [6.07, 6.45) is 1.37. The van der Waals surface area contributed by atoms with E-state index in [-0.39, 0.29) is 10.7 Å². The molecule has 0 saturated carbocycles. The van der Waals surface area contributed by atoms with Crippen LogP contribution in [0.2, 0.25) is 0 Å². The summed E-state index contributed by atoms with van der Waals surface area (Å²) in [6, 6.07) is 15.2. The average molecular weight is 477 g/mol. The van der Waals surface area contributed by atoms with Gasteiger partial charge in [-0.2, -0.15) is 0 Å². The smallest absolute Gasteiger partial charge is 0.337 e. The number of methoxy groups -OCH3 is 2. The van der Waals surface area contributed by atoms with E-state index in [4.69, 9.17) is 26.1 Å². The first-order valence-corrected chi connectivity index (χ1v) is 10.6. The predicted molar refractivity (Wildman–Crippen MR) is 129 cm³/mol. The molecule has 172 valence electrons. The Morgan fingerprint density at radius 3 is 2.44 bits per heavy atom. The molecule has 1 N–H and O–H groups in total. The van der Waals surface area contributed by atoms with Crippen molar-refractivity contribution in [3.63, 3.8) is 0 Å². The third-order valence-corrected chi connectivity index (χ3v) is 5.54. The van der Waals surface area contributed by atoms with Crippen molar-refractivity contribution in [3.05, 3.63) is 77.1 Å². The normalized spacial score (nSPS) is 14.9. The van der Waals surface area contributed by atoms with E-state index < -0.39 is 17.8 Å². The Labute approximate surface area is 200 Å². The predicted octanol–water partition coefficient (Wildman–Crippen LogP) is 3.88. The summed E-state index contributed by atoms with van der Waals surface area (Å²) < 4.78 is 15.8. The quantitative estimate of drug-likeness (QED) is 0.258. The van der Waals surface area contributed by atoms with Crippen LogP contribution in [0.1, 0.15) is 21.7 Å². The van der Waals surface area contributed by atoms with Gasteiger partial charge in [-0.3, -0.25) is 19.8 Å². The molecule has 3 aromatic rings. The van der Waals surface area contributed by atoms with Gasteiger partial charge in [-0.05, 0) is 79.3 Å². The number of hydrogen-bond donors (Lipinski definition) is 1. The molecule has 8 nitrogen and oxygen atoms in total. The first-order valence-electron chi connectivity index (χ1n) is 10.2. The van der Waals surface area contributed by atoms with E-state index in [1.807, 2.05) is 6.92 Å². The molecule has 1 fully saturated rings. The number of thiocarbonyl (C=S) groups is 1. The zero-order valence-corrected chi connectivity index (χ0v) is 19.4. The van der Waals surface area contributed by atoms with Crippen molar-refractivity contribution >= 4 is 46.9 Å². The standard InChI is InChI=1S/C25H20N2O6S/c1-14-12-15(24(30)32-3)4-10-19(14)21-11-9-18(33-21)13-20-22(28)26-25(34)27(23(20)29)16-5-7-17(31-2)8-6-16/h4-13H,1-3H3,(H,26,28,34). The van der Waals surface area contributed by atoms with Crippen molar-refractivity contribution in [3.8, 4) is 17.1 Å². The maximum absolute atomic E-state index is 13.2. The van der Waals surface area contributed by atoms with E-state index in [0.29, 0.717) is 28.5 Å². The van der Waals surface area contributed by atoms with Crippen LogP contribution in [0.3, 0.4) is 0 Å². The van der Waals surface area contributed by atoms with Gasteiger partial charge in [0.05, 0.1) is 25.5 Å². The lowest BCUT2D eigenvalue weighted by atomic mass is 10.0. The lowest BCUT2D eigenvalue weighted by Gasteiger charge is -2.28. The minimum absolute atomic E-state index is 0.0150. The molecule has 0 radical (unpaired) electrons. The summed E-state index contributed by atoms with van der Waals surface area (Å²) in [6.45, 7) is 1.84. The molecule has 0 unspecified atom stereocenters. The van der Waals surface area contributed by atoms with E-state index >= 15 is 0 Å². The highest BCUT2D eigenvalue weighted by Gasteiger charge is 2.34. The van der Waals surface area contributed by atoms with Crippen molar-refractivity contribution in [1.29, 1.82) is 0 Å². The van der Waals surface area contributed by atoms with Crippen molar-refractivity contribution in [2.75, 3.05) is 19.1 Å². The number of carbonyl (C=O) groups excluding carboxylic acids is 3. The SMILES string of the molecule is COC(=O)c1ccc(-c2ccc(C=C3C(=O)NC(=S)N(c4ccc(OC)cc4)C3=O)o2)c(C)c1. The summed E-state index contributed by atoms with van der Waals surface area (Å²) in [7, 11) is 2.86. The number of esters is 1. The zero-order chi connectivity index (χ0) is 24.4. The third kappa shape index (κ3) is 4.33. The lowest BCUT2D eigenvalue weighted by Crippen LogP contribution is -2.54. The van der Waals surface area contributed by atoms with Crippen molar-refractivity contribution < 1.29 is 28.3 Å². The molecule has 4 rings (SSSR count). The lowest BCUT2D eigenvalue weighted by molar-refractivity contribution is -0.122. The van der Waals surface area contributed by atoms with Crippen LogP contribution in [0.4, 0.5) is 5.69 Å². The Morgan fingerprint density at radius 1 is 1.06 bits per heavy atom. The first kappa shape index (κ1) is 22.9. The van der Waals surface area contributed by atoms with Gasteiger partial charge in [0.15, 0.2) is 5.11 Å². The van der Waals surface area contributed by atoms with E-state index in [1.165, 1.54) is 18.1 Å². The number of aryl methyl sites for hydroxylation is 1. The fourth-order valence-corrected chi connectivity index (χ4v) is 3.81. The van der Waals surface area contributed by atoms with Gasteiger partial charge in [-0.1, -0.05) is 6.07 Å². The summed E-state index contributed by atoms with van der Waals surface area (Å²) in [5.41, 5.74) is 2.36. The molecule has 2 amide bonds. The number of carbonyl (C=O) groups is 3. The number of rotatable bonds is 5. The van der Waals surface area contributed by atoms with E-state index in [9.17, 15) is 14.4 Å². The molecule has 2 heterocycles. The van der Waals surface area contributed by atoms with Gasteiger partial charge >= 0.3 is 5.97 Å². The minimum Gasteiger partial charge on any atom is -0.497 e. The minimum atomic E-state index is -0.615. The highest BCUT2D eigenvalue weighted by atomic mass is 32.1. The zero-order valence-electron chi connectivity index (χ0n) is 18.6. The Kier molecular flexibility index (Phi) is 6.29. The molecule has 9 heteroatoms. The monoisotopic (exact) mass is 476 g/mol.